The third-order valence-electron chi connectivity index (χ3n) is 5.29. The first-order valence-corrected chi connectivity index (χ1v) is 8.61. The molecule has 4 rings (SSSR count). The Labute approximate surface area is 147 Å². The third kappa shape index (κ3) is 2.86. The second-order valence-corrected chi connectivity index (χ2v) is 6.88. The van der Waals surface area contributed by atoms with E-state index in [2.05, 4.69) is 5.10 Å². The molecule has 1 saturated carbocycles. The van der Waals surface area contributed by atoms with Gasteiger partial charge in [-0.15, -0.1) is 0 Å². The molecule has 1 aromatic heterocycles. The average molecular weight is 341 g/mol. The zero-order chi connectivity index (χ0) is 17.6. The van der Waals surface area contributed by atoms with Crippen molar-refractivity contribution >= 4 is 5.91 Å². The van der Waals surface area contributed by atoms with Crippen molar-refractivity contribution in [2.24, 2.45) is 13.0 Å². The summed E-state index contributed by atoms with van der Waals surface area (Å²) in [5.41, 5.74) is 3.56. The van der Waals surface area contributed by atoms with Crippen LogP contribution in [0.2, 0.25) is 0 Å². The monoisotopic (exact) mass is 341 g/mol. The van der Waals surface area contributed by atoms with E-state index in [-0.39, 0.29) is 11.8 Å². The van der Waals surface area contributed by atoms with E-state index in [9.17, 15) is 4.79 Å². The first-order valence-electron chi connectivity index (χ1n) is 8.61. The molecule has 2 atom stereocenters. The van der Waals surface area contributed by atoms with Gasteiger partial charge in [-0.3, -0.25) is 9.48 Å². The molecule has 1 aliphatic heterocycles. The fraction of sp³-hybridized carbons (Fsp3) is 0.474. The van der Waals surface area contributed by atoms with E-state index in [1.54, 1.807) is 18.9 Å². The molecule has 6 nitrogen and oxygen atoms in total. The lowest BCUT2D eigenvalue weighted by molar-refractivity contribution is -0.133. The molecule has 0 N–H and O–H groups in total. The molecular formula is C19H23N3O3. The first kappa shape index (κ1) is 16.0. The molecule has 25 heavy (non-hydrogen) atoms. The summed E-state index contributed by atoms with van der Waals surface area (Å²) < 4.78 is 12.6. The number of ether oxygens (including phenoxy) is 2. The summed E-state index contributed by atoms with van der Waals surface area (Å²) in [7, 11) is 5.19. The molecule has 1 aromatic carbocycles. The third-order valence-corrected chi connectivity index (χ3v) is 5.29. The topological polar surface area (TPSA) is 56.6 Å². The summed E-state index contributed by atoms with van der Waals surface area (Å²) in [6.45, 7) is 1.41. The number of hydrogen-bond donors (Lipinski definition) is 0. The molecule has 2 heterocycles. The molecule has 1 aliphatic carbocycles. The van der Waals surface area contributed by atoms with Gasteiger partial charge >= 0.3 is 0 Å². The van der Waals surface area contributed by atoms with Gasteiger partial charge in [0, 0.05) is 32.3 Å². The van der Waals surface area contributed by atoms with Gasteiger partial charge in [0.2, 0.25) is 5.91 Å². The van der Waals surface area contributed by atoms with Crippen LogP contribution in [-0.4, -0.2) is 41.4 Å². The Morgan fingerprint density at radius 1 is 1.20 bits per heavy atom. The van der Waals surface area contributed by atoms with Crippen LogP contribution in [0.25, 0.3) is 0 Å². The van der Waals surface area contributed by atoms with Gasteiger partial charge in [0.15, 0.2) is 11.5 Å². The van der Waals surface area contributed by atoms with Crippen LogP contribution in [0.3, 0.4) is 0 Å². The van der Waals surface area contributed by atoms with Gasteiger partial charge in [-0.25, -0.2) is 0 Å². The van der Waals surface area contributed by atoms with Gasteiger partial charge < -0.3 is 14.4 Å². The Hall–Kier alpha value is -2.50. The molecule has 0 saturated heterocycles. The Bertz CT molecular complexity index is 814. The van der Waals surface area contributed by atoms with Crippen molar-refractivity contribution in [1.29, 1.82) is 0 Å². The standard InChI is InChI=1S/C19H23N3O3/c1-21-10-14(9-20-21)15-8-16(15)19(23)22-5-4-12-6-17(24-2)18(25-3)7-13(12)11-22/h6-7,9-10,15-16H,4-5,8,11H2,1-3H3/t15-,16-/m0/s1. The number of benzene rings is 1. The van der Waals surface area contributed by atoms with Gasteiger partial charge in [0.25, 0.3) is 0 Å². The summed E-state index contributed by atoms with van der Waals surface area (Å²) in [6, 6.07) is 4.03. The van der Waals surface area contributed by atoms with Gasteiger partial charge in [0.1, 0.15) is 0 Å². The van der Waals surface area contributed by atoms with E-state index in [0.29, 0.717) is 12.5 Å². The Balaban J connectivity index is 1.48. The predicted molar refractivity (Wildman–Crippen MR) is 92.7 cm³/mol. The first-order chi connectivity index (χ1) is 12.1. The van der Waals surface area contributed by atoms with Crippen molar-refractivity contribution in [3.63, 3.8) is 0 Å². The fourth-order valence-corrected chi connectivity index (χ4v) is 3.77. The lowest BCUT2D eigenvalue weighted by Gasteiger charge is -2.30. The molecule has 2 aliphatic rings. The molecular weight excluding hydrogens is 318 g/mol. The van der Waals surface area contributed by atoms with Crippen LogP contribution in [0.4, 0.5) is 0 Å². The van der Waals surface area contributed by atoms with Crippen LogP contribution < -0.4 is 9.47 Å². The van der Waals surface area contributed by atoms with Crippen molar-refractivity contribution in [2.75, 3.05) is 20.8 Å². The maximum Gasteiger partial charge on any atom is 0.226 e. The molecule has 1 amide bonds. The molecule has 132 valence electrons. The van der Waals surface area contributed by atoms with E-state index >= 15 is 0 Å². The maximum absolute atomic E-state index is 12.9. The van der Waals surface area contributed by atoms with E-state index in [1.165, 1.54) is 11.1 Å². The Morgan fingerprint density at radius 3 is 2.56 bits per heavy atom. The molecule has 2 aromatic rings. The number of carbonyl (C=O) groups is 1. The molecule has 0 bridgehead atoms. The van der Waals surface area contributed by atoms with Gasteiger partial charge in [-0.1, -0.05) is 0 Å². The minimum atomic E-state index is 0.103. The number of fused-ring (bicyclic) bond motifs is 1. The minimum Gasteiger partial charge on any atom is -0.493 e. The van der Waals surface area contributed by atoms with Crippen molar-refractivity contribution in [3.8, 4) is 11.5 Å². The SMILES string of the molecule is COc1cc2c(cc1OC)CN(C(=O)[C@H]1C[C@H]1c1cnn(C)c1)CC2. The van der Waals surface area contributed by atoms with Crippen LogP contribution in [0.15, 0.2) is 24.5 Å². The van der Waals surface area contributed by atoms with E-state index in [4.69, 9.17) is 9.47 Å². The summed E-state index contributed by atoms with van der Waals surface area (Å²) in [6.07, 6.45) is 5.67. The van der Waals surface area contributed by atoms with Gasteiger partial charge in [0.05, 0.1) is 20.4 Å². The minimum absolute atomic E-state index is 0.103. The van der Waals surface area contributed by atoms with E-state index in [0.717, 1.165) is 36.4 Å². The van der Waals surface area contributed by atoms with E-state index < -0.39 is 0 Å². The maximum atomic E-state index is 12.9. The van der Waals surface area contributed by atoms with Crippen molar-refractivity contribution in [3.05, 3.63) is 41.2 Å². The largest absolute Gasteiger partial charge is 0.493 e. The van der Waals surface area contributed by atoms with Crippen molar-refractivity contribution in [2.45, 2.75) is 25.3 Å². The Morgan fingerprint density at radius 2 is 1.92 bits per heavy atom. The number of rotatable bonds is 4. The summed E-state index contributed by atoms with van der Waals surface area (Å²) >= 11 is 0. The number of aryl methyl sites for hydroxylation is 1. The number of hydrogen-bond acceptors (Lipinski definition) is 4. The zero-order valence-corrected chi connectivity index (χ0v) is 14.9. The summed E-state index contributed by atoms with van der Waals surface area (Å²) in [4.78, 5) is 14.9. The lowest BCUT2D eigenvalue weighted by atomic mass is 9.98. The van der Waals surface area contributed by atoms with Crippen molar-refractivity contribution < 1.29 is 14.3 Å². The average Bonchev–Trinajstić information content (AvgIpc) is 3.32. The highest BCUT2D eigenvalue weighted by Gasteiger charge is 2.46. The number of nitrogens with zero attached hydrogens (tertiary/aromatic N) is 3. The van der Waals surface area contributed by atoms with Crippen LogP contribution >= 0.6 is 0 Å². The summed E-state index contributed by atoms with van der Waals surface area (Å²) in [5, 5.41) is 4.22. The predicted octanol–water partition coefficient (Wildman–Crippen LogP) is 2.13. The second kappa shape index (κ2) is 6.10. The zero-order valence-electron chi connectivity index (χ0n) is 14.9. The molecule has 0 radical (unpaired) electrons. The fourth-order valence-electron chi connectivity index (χ4n) is 3.77. The van der Waals surface area contributed by atoms with Gasteiger partial charge in [-0.05, 0) is 47.6 Å². The highest BCUT2D eigenvalue weighted by atomic mass is 16.5. The van der Waals surface area contributed by atoms with E-state index in [1.807, 2.05) is 36.5 Å². The van der Waals surface area contributed by atoms with Crippen LogP contribution in [0.1, 0.15) is 29.0 Å². The Kier molecular flexibility index (Phi) is 3.90. The number of aromatic nitrogens is 2. The lowest BCUT2D eigenvalue weighted by Crippen LogP contribution is -2.37. The van der Waals surface area contributed by atoms with Crippen LogP contribution in [-0.2, 0) is 24.8 Å². The number of methoxy groups -OCH3 is 2. The molecule has 1 fully saturated rings. The normalized spacial score (nSPS) is 21.6. The number of amides is 1. The van der Waals surface area contributed by atoms with Crippen molar-refractivity contribution in [1.82, 2.24) is 14.7 Å². The highest BCUT2D eigenvalue weighted by Crippen LogP contribution is 2.48. The van der Waals surface area contributed by atoms with Gasteiger partial charge in [-0.2, -0.15) is 5.10 Å². The smallest absolute Gasteiger partial charge is 0.226 e. The second-order valence-electron chi connectivity index (χ2n) is 6.88. The summed E-state index contributed by atoms with van der Waals surface area (Å²) in [5.74, 6) is 2.16. The quantitative estimate of drug-likeness (QED) is 0.855. The highest BCUT2D eigenvalue weighted by molar-refractivity contribution is 5.83. The molecule has 0 unspecified atom stereocenters. The van der Waals surface area contributed by atoms with Crippen LogP contribution in [0, 0.1) is 5.92 Å². The molecule has 0 spiro atoms. The molecule has 6 heteroatoms. The van der Waals surface area contributed by atoms with Crippen LogP contribution in [0.5, 0.6) is 11.5 Å². The number of carbonyl (C=O) groups excluding carboxylic acids is 1.